The second-order valence-electron chi connectivity index (χ2n) is 6.05. The van der Waals surface area contributed by atoms with Crippen molar-refractivity contribution in [2.75, 3.05) is 27.4 Å². The Kier molecular flexibility index (Phi) is 7.49. The van der Waals surface area contributed by atoms with Crippen molar-refractivity contribution in [1.29, 1.82) is 0 Å². The van der Waals surface area contributed by atoms with Gasteiger partial charge in [0.05, 0.1) is 13.2 Å². The summed E-state index contributed by atoms with van der Waals surface area (Å²) in [5.74, 6) is 0. The van der Waals surface area contributed by atoms with Gasteiger partial charge in [0.2, 0.25) is 0 Å². The smallest absolute Gasteiger partial charge is 0.186 e. The van der Waals surface area contributed by atoms with E-state index in [1.807, 2.05) is 0 Å². The second kappa shape index (κ2) is 8.97. The highest BCUT2D eigenvalue weighted by atomic mass is 16.7. The lowest BCUT2D eigenvalue weighted by atomic mass is 9.98. The molecule has 10 atom stereocenters. The Balaban J connectivity index is 1.96. The highest BCUT2D eigenvalue weighted by molar-refractivity contribution is 4.91. The Labute approximate surface area is 144 Å². The summed E-state index contributed by atoms with van der Waals surface area (Å²) in [6.45, 7) is -0.376. The van der Waals surface area contributed by atoms with Crippen molar-refractivity contribution < 1.29 is 54.3 Å². The third-order valence-corrected chi connectivity index (χ3v) is 4.33. The maximum atomic E-state index is 9.96. The van der Waals surface area contributed by atoms with Crippen LogP contribution in [0.2, 0.25) is 0 Å². The fraction of sp³-hybridized carbons (Fsp3) is 1.00. The van der Waals surface area contributed by atoms with Crippen molar-refractivity contribution in [1.82, 2.24) is 0 Å². The molecule has 6 N–H and O–H groups in total. The van der Waals surface area contributed by atoms with E-state index in [9.17, 15) is 30.6 Å². The third-order valence-electron chi connectivity index (χ3n) is 4.33. The fourth-order valence-electron chi connectivity index (χ4n) is 2.79. The molecule has 2 rings (SSSR count). The molecular formula is C14H26O11. The maximum absolute atomic E-state index is 9.96. The first-order valence-corrected chi connectivity index (χ1v) is 7.84. The van der Waals surface area contributed by atoms with Crippen molar-refractivity contribution in [3.8, 4) is 0 Å². The molecule has 0 aromatic carbocycles. The summed E-state index contributed by atoms with van der Waals surface area (Å²) in [5, 5.41) is 59.1. The lowest BCUT2D eigenvalue weighted by molar-refractivity contribution is -0.328. The molecule has 2 heterocycles. The summed E-state index contributed by atoms with van der Waals surface area (Å²) in [6.07, 6.45) is -13.3. The van der Waals surface area contributed by atoms with E-state index in [0.717, 1.165) is 0 Å². The highest BCUT2D eigenvalue weighted by Crippen LogP contribution is 2.25. The Morgan fingerprint density at radius 3 is 1.64 bits per heavy atom. The number of aliphatic hydroxyl groups excluding tert-OH is 6. The molecule has 0 amide bonds. The average Bonchev–Trinajstić information content (AvgIpc) is 2.60. The van der Waals surface area contributed by atoms with Crippen LogP contribution < -0.4 is 0 Å². The third kappa shape index (κ3) is 4.46. The zero-order valence-corrected chi connectivity index (χ0v) is 13.9. The van der Waals surface area contributed by atoms with Gasteiger partial charge in [-0.2, -0.15) is 0 Å². The van der Waals surface area contributed by atoms with Gasteiger partial charge in [0, 0.05) is 14.2 Å². The van der Waals surface area contributed by atoms with Gasteiger partial charge in [-0.15, -0.1) is 0 Å². The molecule has 0 spiro atoms. The molecule has 2 aliphatic heterocycles. The average molecular weight is 370 g/mol. The molecule has 0 saturated carbocycles. The van der Waals surface area contributed by atoms with E-state index in [1.165, 1.54) is 14.2 Å². The molecule has 0 aromatic rings. The first-order chi connectivity index (χ1) is 11.8. The number of rotatable bonds is 6. The summed E-state index contributed by atoms with van der Waals surface area (Å²) in [6, 6.07) is 0. The van der Waals surface area contributed by atoms with Gasteiger partial charge in [0.15, 0.2) is 12.6 Å². The molecule has 11 heteroatoms. The van der Waals surface area contributed by atoms with Gasteiger partial charge in [-0.05, 0) is 0 Å². The van der Waals surface area contributed by atoms with Gasteiger partial charge < -0.3 is 54.3 Å². The minimum atomic E-state index is -1.54. The molecular weight excluding hydrogens is 344 g/mol. The van der Waals surface area contributed by atoms with E-state index >= 15 is 0 Å². The lowest BCUT2D eigenvalue weighted by Crippen LogP contribution is -2.61. The molecule has 0 aromatic heterocycles. The van der Waals surface area contributed by atoms with Crippen molar-refractivity contribution in [3.05, 3.63) is 0 Å². The minimum Gasteiger partial charge on any atom is -0.387 e. The number of methoxy groups -OCH3 is 2. The molecule has 0 aliphatic carbocycles. The Hall–Kier alpha value is -0.440. The molecule has 2 saturated heterocycles. The molecule has 5 unspecified atom stereocenters. The van der Waals surface area contributed by atoms with Crippen LogP contribution in [-0.4, -0.2) is 119 Å². The first kappa shape index (κ1) is 20.9. The number of hydrogen-bond acceptors (Lipinski definition) is 11. The van der Waals surface area contributed by atoms with E-state index in [1.54, 1.807) is 0 Å². The van der Waals surface area contributed by atoms with Crippen LogP contribution in [0.15, 0.2) is 0 Å². The van der Waals surface area contributed by atoms with Crippen LogP contribution in [0.3, 0.4) is 0 Å². The number of aliphatic hydroxyl groups is 6. The fourth-order valence-corrected chi connectivity index (χ4v) is 2.79. The Morgan fingerprint density at radius 2 is 1.12 bits per heavy atom. The monoisotopic (exact) mass is 370 g/mol. The van der Waals surface area contributed by atoms with E-state index < -0.39 is 61.4 Å². The molecule has 0 bridgehead atoms. The summed E-state index contributed by atoms with van der Waals surface area (Å²) >= 11 is 0. The molecule has 2 aliphatic rings. The lowest BCUT2D eigenvalue weighted by Gasteiger charge is -2.42. The predicted octanol–water partition coefficient (Wildman–Crippen LogP) is -4.09. The summed E-state index contributed by atoms with van der Waals surface area (Å²) in [7, 11) is 2.64. The van der Waals surface area contributed by atoms with Gasteiger partial charge in [0.25, 0.3) is 0 Å². The maximum Gasteiger partial charge on any atom is 0.186 e. The van der Waals surface area contributed by atoms with E-state index in [2.05, 4.69) is 0 Å². The zero-order valence-electron chi connectivity index (χ0n) is 13.9. The molecule has 11 nitrogen and oxygen atoms in total. The van der Waals surface area contributed by atoms with Crippen LogP contribution in [0.25, 0.3) is 0 Å². The van der Waals surface area contributed by atoms with Gasteiger partial charge in [-0.25, -0.2) is 0 Å². The summed E-state index contributed by atoms with van der Waals surface area (Å²) < 4.78 is 25.8. The van der Waals surface area contributed by atoms with E-state index in [-0.39, 0.29) is 13.2 Å². The summed E-state index contributed by atoms with van der Waals surface area (Å²) in [4.78, 5) is 0. The van der Waals surface area contributed by atoms with Crippen LogP contribution in [0.1, 0.15) is 0 Å². The molecule has 0 radical (unpaired) electrons. The van der Waals surface area contributed by atoms with Crippen LogP contribution in [0, 0.1) is 0 Å². The Bertz CT molecular complexity index is 408. The summed E-state index contributed by atoms with van der Waals surface area (Å²) in [5.41, 5.74) is 0. The van der Waals surface area contributed by atoms with E-state index in [4.69, 9.17) is 23.7 Å². The van der Waals surface area contributed by atoms with Crippen molar-refractivity contribution in [3.63, 3.8) is 0 Å². The van der Waals surface area contributed by atoms with Crippen LogP contribution in [0.4, 0.5) is 0 Å². The first-order valence-electron chi connectivity index (χ1n) is 7.84. The normalized spacial score (nSPS) is 48.5. The van der Waals surface area contributed by atoms with Gasteiger partial charge >= 0.3 is 0 Å². The highest BCUT2D eigenvalue weighted by Gasteiger charge is 2.47. The quantitative estimate of drug-likeness (QED) is 0.269. The standard InChI is InChI=1S/C14H26O11/c1-21-3-5-7(15)10(18)12(20)14(25-5)23-4-6-8(16)9(17)11(19)13(22-2)24-6/h5-20H,3-4H2,1-2H3/t5?,6-,7-,8?,9?,10+,11-,12?,13?,14+/m1/s1. The molecule has 148 valence electrons. The second-order valence-corrected chi connectivity index (χ2v) is 6.05. The van der Waals surface area contributed by atoms with E-state index in [0.29, 0.717) is 0 Å². The largest absolute Gasteiger partial charge is 0.387 e. The van der Waals surface area contributed by atoms with Crippen LogP contribution in [0.5, 0.6) is 0 Å². The predicted molar refractivity (Wildman–Crippen MR) is 78.2 cm³/mol. The van der Waals surface area contributed by atoms with Gasteiger partial charge in [-0.1, -0.05) is 0 Å². The SMILES string of the molecule is COCC1O[C@H](OC[C@H]2OC(OC)[C@H](O)C(O)C2O)C(O)[C@@H](O)[C@@H]1O. The van der Waals surface area contributed by atoms with Gasteiger partial charge in [0.1, 0.15) is 48.8 Å². The zero-order chi connectivity index (χ0) is 18.7. The van der Waals surface area contributed by atoms with Gasteiger partial charge in [-0.3, -0.25) is 0 Å². The van der Waals surface area contributed by atoms with Crippen molar-refractivity contribution in [2.45, 2.75) is 61.4 Å². The Morgan fingerprint density at radius 1 is 0.640 bits per heavy atom. The van der Waals surface area contributed by atoms with Crippen LogP contribution in [-0.2, 0) is 23.7 Å². The van der Waals surface area contributed by atoms with Crippen molar-refractivity contribution in [2.24, 2.45) is 0 Å². The number of ether oxygens (including phenoxy) is 5. The molecule has 2 fully saturated rings. The molecule has 25 heavy (non-hydrogen) atoms. The van der Waals surface area contributed by atoms with Crippen LogP contribution >= 0.6 is 0 Å². The minimum absolute atomic E-state index is 0.0377. The van der Waals surface area contributed by atoms with Crippen molar-refractivity contribution >= 4 is 0 Å². The number of hydrogen-bond donors (Lipinski definition) is 6. The topological polar surface area (TPSA) is 168 Å².